The zero-order valence-electron chi connectivity index (χ0n) is 8.93. The molecule has 2 N–H and O–H groups in total. The predicted octanol–water partition coefficient (Wildman–Crippen LogP) is 0.795. The fraction of sp³-hybridized carbons (Fsp3) is 0.545. The van der Waals surface area contributed by atoms with Gasteiger partial charge in [-0.2, -0.15) is 0 Å². The quantitative estimate of drug-likeness (QED) is 0.486. The minimum atomic E-state index is -0.557. The van der Waals surface area contributed by atoms with Crippen molar-refractivity contribution in [3.05, 3.63) is 24.3 Å². The number of aliphatic hydroxyl groups excluding tert-OH is 2. The minimum Gasteiger partial charge on any atom is -0.469 e. The van der Waals surface area contributed by atoms with Crippen LogP contribution in [0.5, 0.6) is 0 Å². The lowest BCUT2D eigenvalue weighted by molar-refractivity contribution is -0.140. The molecular weight excluding hydrogens is 196 g/mol. The van der Waals surface area contributed by atoms with Crippen LogP contribution in [0.2, 0.25) is 0 Å². The summed E-state index contributed by atoms with van der Waals surface area (Å²) in [5.74, 6) is -0.258. The number of esters is 1. The lowest BCUT2D eigenvalue weighted by Crippen LogP contribution is -2.05. The molecule has 0 aromatic heterocycles. The number of methoxy groups -OCH3 is 1. The highest BCUT2D eigenvalue weighted by atomic mass is 16.5. The Morgan fingerprint density at radius 3 is 2.80 bits per heavy atom. The maximum Gasteiger partial charge on any atom is 0.305 e. The van der Waals surface area contributed by atoms with Gasteiger partial charge in [-0.05, 0) is 12.8 Å². The second kappa shape index (κ2) is 9.43. The molecule has 0 rings (SSSR count). The highest BCUT2D eigenvalue weighted by Crippen LogP contribution is 2.03. The van der Waals surface area contributed by atoms with Gasteiger partial charge in [0.2, 0.25) is 0 Å². The summed E-state index contributed by atoms with van der Waals surface area (Å²) >= 11 is 0. The van der Waals surface area contributed by atoms with Crippen molar-refractivity contribution in [3.8, 4) is 0 Å². The van der Waals surface area contributed by atoms with E-state index in [4.69, 9.17) is 5.11 Å². The van der Waals surface area contributed by atoms with Gasteiger partial charge in [-0.25, -0.2) is 0 Å². The van der Waals surface area contributed by atoms with E-state index in [0.29, 0.717) is 19.3 Å². The third kappa shape index (κ3) is 9.18. The molecule has 86 valence electrons. The van der Waals surface area contributed by atoms with E-state index >= 15 is 0 Å². The van der Waals surface area contributed by atoms with E-state index < -0.39 is 6.10 Å². The number of hydrogen-bond acceptors (Lipinski definition) is 4. The van der Waals surface area contributed by atoms with Gasteiger partial charge in [0.25, 0.3) is 0 Å². The summed E-state index contributed by atoms with van der Waals surface area (Å²) in [5, 5.41) is 17.8. The van der Waals surface area contributed by atoms with Gasteiger partial charge < -0.3 is 14.9 Å². The molecule has 1 unspecified atom stereocenters. The molecule has 0 fully saturated rings. The normalized spacial score (nSPS) is 13.5. The molecule has 0 heterocycles. The highest BCUT2D eigenvalue weighted by Gasteiger charge is 2.02. The summed E-state index contributed by atoms with van der Waals surface area (Å²) in [5.41, 5.74) is 0. The lowest BCUT2D eigenvalue weighted by Gasteiger charge is -2.03. The highest BCUT2D eigenvalue weighted by molar-refractivity contribution is 5.68. The molecule has 0 aliphatic heterocycles. The summed E-state index contributed by atoms with van der Waals surface area (Å²) in [6, 6.07) is 0. The Labute approximate surface area is 89.9 Å². The van der Waals surface area contributed by atoms with Crippen LogP contribution in [0.4, 0.5) is 0 Å². The summed E-state index contributed by atoms with van der Waals surface area (Å²) in [7, 11) is 1.35. The molecule has 4 heteroatoms. The molecule has 0 saturated carbocycles. The first-order valence-electron chi connectivity index (χ1n) is 4.89. The number of hydrogen-bond donors (Lipinski definition) is 2. The van der Waals surface area contributed by atoms with Gasteiger partial charge in [-0.3, -0.25) is 4.79 Å². The number of allylic oxidation sites excluding steroid dienone is 2. The summed E-state index contributed by atoms with van der Waals surface area (Å²) in [4.78, 5) is 10.7. The zero-order chi connectivity index (χ0) is 11.5. The standard InChI is InChI=1S/C11H18O4/c1-15-11(14)8-5-7-10(13)6-3-2-4-9-12/h2-4,6,10,12-13H,5,7-9H2,1H3. The first kappa shape index (κ1) is 13.9. The van der Waals surface area contributed by atoms with Crippen molar-refractivity contribution in [2.24, 2.45) is 0 Å². The summed E-state index contributed by atoms with van der Waals surface area (Å²) < 4.78 is 4.47. The third-order valence-electron chi connectivity index (χ3n) is 1.79. The molecule has 0 amide bonds. The molecule has 15 heavy (non-hydrogen) atoms. The second-order valence-electron chi connectivity index (χ2n) is 3.03. The smallest absolute Gasteiger partial charge is 0.305 e. The van der Waals surface area contributed by atoms with Crippen molar-refractivity contribution in [1.29, 1.82) is 0 Å². The van der Waals surface area contributed by atoms with Crippen LogP contribution < -0.4 is 0 Å². The predicted molar refractivity (Wildman–Crippen MR) is 57.2 cm³/mol. The van der Waals surface area contributed by atoms with Crippen molar-refractivity contribution in [1.82, 2.24) is 0 Å². The Morgan fingerprint density at radius 1 is 1.47 bits per heavy atom. The van der Waals surface area contributed by atoms with Gasteiger partial charge in [-0.15, -0.1) is 0 Å². The number of carbonyl (C=O) groups is 1. The van der Waals surface area contributed by atoms with Gasteiger partial charge in [-0.1, -0.05) is 24.3 Å². The summed E-state index contributed by atoms with van der Waals surface area (Å²) in [6.45, 7) is -0.0111. The fourth-order valence-corrected chi connectivity index (χ4v) is 0.986. The van der Waals surface area contributed by atoms with E-state index in [0.717, 1.165) is 0 Å². The molecule has 0 spiro atoms. The molecule has 4 nitrogen and oxygen atoms in total. The maximum absolute atomic E-state index is 10.7. The van der Waals surface area contributed by atoms with Crippen LogP contribution in [-0.2, 0) is 9.53 Å². The largest absolute Gasteiger partial charge is 0.469 e. The number of rotatable bonds is 7. The monoisotopic (exact) mass is 214 g/mol. The van der Waals surface area contributed by atoms with Crippen LogP contribution in [-0.4, -0.2) is 36.0 Å². The molecule has 0 aromatic carbocycles. The molecule has 0 aromatic rings. The molecule has 0 radical (unpaired) electrons. The molecule has 1 atom stereocenters. The maximum atomic E-state index is 10.7. The SMILES string of the molecule is COC(=O)CCCC(O)C=CC=CCO. The van der Waals surface area contributed by atoms with E-state index in [9.17, 15) is 9.90 Å². The van der Waals surface area contributed by atoms with E-state index in [1.807, 2.05) is 0 Å². The molecular formula is C11H18O4. The van der Waals surface area contributed by atoms with E-state index in [-0.39, 0.29) is 12.6 Å². The van der Waals surface area contributed by atoms with E-state index in [1.54, 1.807) is 24.3 Å². The Morgan fingerprint density at radius 2 is 2.20 bits per heavy atom. The van der Waals surface area contributed by atoms with Gasteiger partial charge in [0.05, 0.1) is 19.8 Å². The number of carbonyl (C=O) groups excluding carboxylic acids is 1. The molecule has 0 aliphatic rings. The molecule has 0 bridgehead atoms. The topological polar surface area (TPSA) is 66.8 Å². The number of ether oxygens (including phenoxy) is 1. The van der Waals surface area contributed by atoms with E-state index in [1.165, 1.54) is 7.11 Å². The Hall–Kier alpha value is -1.13. The van der Waals surface area contributed by atoms with Crippen molar-refractivity contribution < 1.29 is 19.7 Å². The van der Waals surface area contributed by atoms with Gasteiger partial charge in [0, 0.05) is 6.42 Å². The van der Waals surface area contributed by atoms with Gasteiger partial charge in [0.1, 0.15) is 0 Å². The van der Waals surface area contributed by atoms with Crippen LogP contribution in [0, 0.1) is 0 Å². The van der Waals surface area contributed by atoms with Gasteiger partial charge in [0.15, 0.2) is 0 Å². The van der Waals surface area contributed by atoms with Crippen molar-refractivity contribution in [2.75, 3.05) is 13.7 Å². The fourth-order valence-electron chi connectivity index (χ4n) is 0.986. The van der Waals surface area contributed by atoms with Crippen molar-refractivity contribution in [3.63, 3.8) is 0 Å². The zero-order valence-corrected chi connectivity index (χ0v) is 8.93. The molecule has 0 aliphatic carbocycles. The Balaban J connectivity index is 3.56. The number of aliphatic hydroxyl groups is 2. The molecule has 0 saturated heterocycles. The third-order valence-corrected chi connectivity index (χ3v) is 1.79. The average Bonchev–Trinajstić information content (AvgIpc) is 2.24. The Kier molecular flexibility index (Phi) is 8.72. The van der Waals surface area contributed by atoms with Gasteiger partial charge >= 0.3 is 5.97 Å². The van der Waals surface area contributed by atoms with Crippen LogP contribution in [0.15, 0.2) is 24.3 Å². The average molecular weight is 214 g/mol. The first-order valence-corrected chi connectivity index (χ1v) is 4.89. The van der Waals surface area contributed by atoms with Crippen LogP contribution in [0.3, 0.4) is 0 Å². The summed E-state index contributed by atoms with van der Waals surface area (Å²) in [6.07, 6.45) is 7.40. The minimum absolute atomic E-state index is 0.0111. The van der Waals surface area contributed by atoms with Crippen LogP contribution >= 0.6 is 0 Å². The van der Waals surface area contributed by atoms with Crippen LogP contribution in [0.25, 0.3) is 0 Å². The first-order chi connectivity index (χ1) is 7.20. The lowest BCUT2D eigenvalue weighted by atomic mass is 10.1. The Bertz CT molecular complexity index is 221. The van der Waals surface area contributed by atoms with Crippen molar-refractivity contribution in [2.45, 2.75) is 25.4 Å². The van der Waals surface area contributed by atoms with Crippen LogP contribution in [0.1, 0.15) is 19.3 Å². The van der Waals surface area contributed by atoms with Crippen molar-refractivity contribution >= 4 is 5.97 Å². The van der Waals surface area contributed by atoms with E-state index in [2.05, 4.69) is 4.74 Å². The second-order valence-corrected chi connectivity index (χ2v) is 3.03.